The molecule has 2 aromatic rings. The van der Waals surface area contributed by atoms with Crippen molar-refractivity contribution in [2.75, 3.05) is 39.3 Å². The molecule has 1 aromatic heterocycles. The Bertz CT molecular complexity index is 828. The third kappa shape index (κ3) is 6.53. The van der Waals surface area contributed by atoms with Gasteiger partial charge < -0.3 is 14.5 Å². The first-order chi connectivity index (χ1) is 15.0. The predicted octanol–water partition coefficient (Wildman–Crippen LogP) is 5.49. The number of aryl methyl sites for hydroxylation is 1. The molecule has 0 radical (unpaired) electrons. The second kappa shape index (κ2) is 11.6. The van der Waals surface area contributed by atoms with Gasteiger partial charge >= 0.3 is 0 Å². The van der Waals surface area contributed by atoms with Gasteiger partial charge in [-0.2, -0.15) is 0 Å². The second-order valence-electron chi connectivity index (χ2n) is 8.53. The maximum Gasteiger partial charge on any atom is 0.265 e. The fourth-order valence-corrected chi connectivity index (χ4v) is 5.22. The zero-order valence-corrected chi connectivity index (χ0v) is 20.3. The molecule has 5 nitrogen and oxygen atoms in total. The van der Waals surface area contributed by atoms with E-state index < -0.39 is 0 Å². The molecule has 0 saturated carbocycles. The summed E-state index contributed by atoms with van der Waals surface area (Å²) in [5, 5.41) is 0.887. The van der Waals surface area contributed by atoms with Crippen molar-refractivity contribution >= 4 is 17.2 Å². The van der Waals surface area contributed by atoms with Gasteiger partial charge in [-0.25, -0.2) is 4.98 Å². The SMILES string of the molecule is CCOc1ccc(-c2nc(C)c(C(=O)N(CC)CCC(C)CN3CCCCC3)s2)cc1. The van der Waals surface area contributed by atoms with E-state index in [4.69, 9.17) is 9.72 Å². The standard InChI is InChI=1S/C25H37N3O2S/c1-5-28(17-14-19(3)18-27-15-8-7-9-16-27)25(29)23-20(4)26-24(31-23)21-10-12-22(13-11-21)30-6-2/h10-13,19H,5-9,14-18H2,1-4H3. The van der Waals surface area contributed by atoms with Gasteiger partial charge in [-0.05, 0) is 83.3 Å². The van der Waals surface area contributed by atoms with Crippen LogP contribution in [-0.4, -0.2) is 60.0 Å². The molecule has 2 heterocycles. The summed E-state index contributed by atoms with van der Waals surface area (Å²) in [4.78, 5) is 23.3. The van der Waals surface area contributed by atoms with Crippen LogP contribution in [0.25, 0.3) is 10.6 Å². The molecule has 1 amide bonds. The highest BCUT2D eigenvalue weighted by Crippen LogP contribution is 2.30. The number of rotatable bonds is 10. The monoisotopic (exact) mass is 443 g/mol. The van der Waals surface area contributed by atoms with Crippen molar-refractivity contribution < 1.29 is 9.53 Å². The van der Waals surface area contributed by atoms with Gasteiger partial charge in [0.1, 0.15) is 15.6 Å². The summed E-state index contributed by atoms with van der Waals surface area (Å²) >= 11 is 1.49. The van der Waals surface area contributed by atoms with Crippen LogP contribution in [0.3, 0.4) is 0 Å². The Morgan fingerprint density at radius 3 is 2.55 bits per heavy atom. The Morgan fingerprint density at radius 1 is 1.19 bits per heavy atom. The van der Waals surface area contributed by atoms with Crippen LogP contribution in [0.1, 0.15) is 61.8 Å². The van der Waals surface area contributed by atoms with Gasteiger partial charge in [0.15, 0.2) is 0 Å². The number of thiazole rings is 1. The molecule has 3 rings (SSSR count). The largest absolute Gasteiger partial charge is 0.494 e. The zero-order valence-electron chi connectivity index (χ0n) is 19.5. The summed E-state index contributed by atoms with van der Waals surface area (Å²) < 4.78 is 5.52. The first-order valence-corrected chi connectivity index (χ1v) is 12.6. The van der Waals surface area contributed by atoms with Crippen molar-refractivity contribution in [3.05, 3.63) is 34.8 Å². The van der Waals surface area contributed by atoms with E-state index >= 15 is 0 Å². The quantitative estimate of drug-likeness (QED) is 0.487. The van der Waals surface area contributed by atoms with Crippen LogP contribution in [0.5, 0.6) is 5.75 Å². The molecule has 0 spiro atoms. The first-order valence-electron chi connectivity index (χ1n) is 11.7. The summed E-state index contributed by atoms with van der Waals surface area (Å²) in [5.74, 6) is 1.56. The van der Waals surface area contributed by atoms with E-state index in [1.165, 1.54) is 43.7 Å². The summed E-state index contributed by atoms with van der Waals surface area (Å²) in [6.07, 6.45) is 5.07. The van der Waals surface area contributed by atoms with Gasteiger partial charge in [-0.1, -0.05) is 13.3 Å². The van der Waals surface area contributed by atoms with Gasteiger partial charge in [0, 0.05) is 25.2 Å². The summed E-state index contributed by atoms with van der Waals surface area (Å²) in [5.41, 5.74) is 1.84. The lowest BCUT2D eigenvalue weighted by atomic mass is 10.0. The molecule has 1 aliphatic rings. The molecule has 1 saturated heterocycles. The van der Waals surface area contributed by atoms with E-state index in [1.807, 2.05) is 43.0 Å². The minimum absolute atomic E-state index is 0.111. The zero-order chi connectivity index (χ0) is 22.2. The normalized spacial score (nSPS) is 15.6. The lowest BCUT2D eigenvalue weighted by Crippen LogP contribution is -2.36. The van der Waals surface area contributed by atoms with Gasteiger partial charge in [0.2, 0.25) is 0 Å². The van der Waals surface area contributed by atoms with Crippen LogP contribution in [-0.2, 0) is 0 Å². The average Bonchev–Trinajstić information content (AvgIpc) is 3.17. The molecule has 1 fully saturated rings. The van der Waals surface area contributed by atoms with Gasteiger partial charge in [-0.3, -0.25) is 4.79 Å². The molecule has 0 bridgehead atoms. The molecule has 1 aromatic carbocycles. The highest BCUT2D eigenvalue weighted by molar-refractivity contribution is 7.17. The Kier molecular flexibility index (Phi) is 8.90. The van der Waals surface area contributed by atoms with E-state index in [1.54, 1.807) is 0 Å². The van der Waals surface area contributed by atoms with E-state index in [0.29, 0.717) is 12.5 Å². The maximum atomic E-state index is 13.2. The third-order valence-corrected chi connectivity index (χ3v) is 7.18. The van der Waals surface area contributed by atoms with Gasteiger partial charge in [-0.15, -0.1) is 11.3 Å². The molecule has 1 aliphatic heterocycles. The Hall–Kier alpha value is -1.92. The number of hydrogen-bond acceptors (Lipinski definition) is 5. The molecule has 1 atom stereocenters. The van der Waals surface area contributed by atoms with Gasteiger partial charge in [0.05, 0.1) is 12.3 Å². The number of amides is 1. The second-order valence-corrected chi connectivity index (χ2v) is 9.53. The van der Waals surface area contributed by atoms with Crippen LogP contribution < -0.4 is 4.74 Å². The van der Waals surface area contributed by atoms with Crippen molar-refractivity contribution in [1.29, 1.82) is 0 Å². The highest BCUT2D eigenvalue weighted by atomic mass is 32.1. The number of carbonyl (C=O) groups is 1. The fraction of sp³-hybridized carbons (Fsp3) is 0.600. The number of ether oxygens (including phenoxy) is 1. The predicted molar refractivity (Wildman–Crippen MR) is 129 cm³/mol. The molecular weight excluding hydrogens is 406 g/mol. The van der Waals surface area contributed by atoms with Crippen LogP contribution in [0.4, 0.5) is 0 Å². The maximum absolute atomic E-state index is 13.2. The first kappa shape index (κ1) is 23.7. The van der Waals surface area contributed by atoms with Gasteiger partial charge in [0.25, 0.3) is 5.91 Å². The Labute approximate surface area is 191 Å². The number of aromatic nitrogens is 1. The van der Waals surface area contributed by atoms with E-state index in [9.17, 15) is 4.79 Å². The van der Waals surface area contributed by atoms with Crippen LogP contribution in [0.15, 0.2) is 24.3 Å². The van der Waals surface area contributed by atoms with Crippen molar-refractivity contribution in [2.45, 2.75) is 53.4 Å². The summed E-state index contributed by atoms with van der Waals surface area (Å²) in [6.45, 7) is 14.1. The molecule has 0 aliphatic carbocycles. The number of benzene rings is 1. The van der Waals surface area contributed by atoms with E-state index in [0.717, 1.165) is 52.9 Å². The molecule has 31 heavy (non-hydrogen) atoms. The number of piperidine rings is 1. The van der Waals surface area contributed by atoms with Crippen molar-refractivity contribution in [2.24, 2.45) is 5.92 Å². The molecular formula is C25H37N3O2S. The average molecular weight is 444 g/mol. The van der Waals surface area contributed by atoms with Crippen molar-refractivity contribution in [3.63, 3.8) is 0 Å². The smallest absolute Gasteiger partial charge is 0.265 e. The molecule has 1 unspecified atom stereocenters. The highest BCUT2D eigenvalue weighted by Gasteiger charge is 2.22. The minimum atomic E-state index is 0.111. The summed E-state index contributed by atoms with van der Waals surface area (Å²) in [7, 11) is 0. The lowest BCUT2D eigenvalue weighted by molar-refractivity contribution is 0.0755. The lowest BCUT2D eigenvalue weighted by Gasteiger charge is -2.30. The minimum Gasteiger partial charge on any atom is -0.494 e. The number of likely N-dealkylation sites (tertiary alicyclic amines) is 1. The Morgan fingerprint density at radius 2 is 1.90 bits per heavy atom. The van der Waals surface area contributed by atoms with Crippen LogP contribution in [0.2, 0.25) is 0 Å². The van der Waals surface area contributed by atoms with Crippen LogP contribution >= 0.6 is 11.3 Å². The third-order valence-electron chi connectivity index (χ3n) is 5.98. The number of carbonyl (C=O) groups excluding carboxylic acids is 1. The van der Waals surface area contributed by atoms with Crippen molar-refractivity contribution in [3.8, 4) is 16.3 Å². The molecule has 0 N–H and O–H groups in total. The van der Waals surface area contributed by atoms with Crippen LogP contribution in [0, 0.1) is 12.8 Å². The van der Waals surface area contributed by atoms with E-state index in [-0.39, 0.29) is 5.91 Å². The van der Waals surface area contributed by atoms with E-state index in [2.05, 4.69) is 18.7 Å². The summed E-state index contributed by atoms with van der Waals surface area (Å²) in [6, 6.07) is 7.94. The fourth-order valence-electron chi connectivity index (χ4n) is 4.18. The Balaban J connectivity index is 1.60. The van der Waals surface area contributed by atoms with Crippen molar-refractivity contribution in [1.82, 2.24) is 14.8 Å². The topological polar surface area (TPSA) is 45.7 Å². The molecule has 170 valence electrons. The number of nitrogens with zero attached hydrogens (tertiary/aromatic N) is 3. The molecule has 6 heteroatoms. The number of hydrogen-bond donors (Lipinski definition) is 0.